The Labute approximate surface area is 156 Å². The van der Waals surface area contributed by atoms with Gasteiger partial charge >= 0.3 is 5.97 Å². The largest absolute Gasteiger partial charge is 0.465 e. The number of nitrogens with zero attached hydrogens (tertiary/aromatic N) is 1. The Morgan fingerprint density at radius 2 is 1.69 bits per heavy atom. The summed E-state index contributed by atoms with van der Waals surface area (Å²) in [6.07, 6.45) is 7.19. The van der Waals surface area contributed by atoms with Crippen LogP contribution in [0.4, 0.5) is 0 Å². The summed E-state index contributed by atoms with van der Waals surface area (Å²) >= 11 is 0. The van der Waals surface area contributed by atoms with Gasteiger partial charge in [-0.15, -0.1) is 0 Å². The van der Waals surface area contributed by atoms with Gasteiger partial charge in [0.1, 0.15) is 0 Å². The van der Waals surface area contributed by atoms with Gasteiger partial charge in [0.25, 0.3) is 0 Å². The summed E-state index contributed by atoms with van der Waals surface area (Å²) in [4.78, 5) is 14.3. The highest BCUT2D eigenvalue weighted by Crippen LogP contribution is 2.65. The number of aliphatic hydroxyl groups excluding tert-OH is 1. The molecule has 0 aromatic carbocycles. The lowest BCUT2D eigenvalue weighted by molar-refractivity contribution is -0.170. The SMILES string of the molecule is O=C(CCN1CCS(=O)(=O)CC1)OCC12CC3CC(CC(CO)(C3)C1)C2. The molecule has 5 rings (SSSR count). The fraction of sp³-hybridized carbons (Fsp3) is 0.947. The standard InChI is InChI=1S/C19H31NO5S/c21-13-18-8-15-7-16(9-18)11-19(10-15,12-18)14-25-17(22)1-2-20-3-5-26(23,24)6-4-20/h15-16,21H,1-14H2. The van der Waals surface area contributed by atoms with E-state index in [-0.39, 0.29) is 34.9 Å². The number of esters is 1. The molecule has 6 nitrogen and oxygen atoms in total. The van der Waals surface area contributed by atoms with Crippen LogP contribution in [0.2, 0.25) is 0 Å². The van der Waals surface area contributed by atoms with E-state index in [9.17, 15) is 18.3 Å². The molecular weight excluding hydrogens is 354 g/mol. The van der Waals surface area contributed by atoms with Crippen LogP contribution in [-0.4, -0.2) is 68.7 Å². The molecule has 1 aliphatic heterocycles. The topological polar surface area (TPSA) is 83.9 Å². The van der Waals surface area contributed by atoms with E-state index in [1.807, 2.05) is 4.90 Å². The van der Waals surface area contributed by atoms with E-state index in [2.05, 4.69) is 0 Å². The highest BCUT2D eigenvalue weighted by atomic mass is 32.2. The summed E-state index contributed by atoms with van der Waals surface area (Å²) < 4.78 is 28.6. The summed E-state index contributed by atoms with van der Waals surface area (Å²) in [6, 6.07) is 0. The fourth-order valence-corrected chi connectivity index (χ4v) is 7.81. The first-order valence-corrected chi connectivity index (χ1v) is 11.8. The minimum atomic E-state index is -2.88. The number of rotatable bonds is 6. The number of aliphatic hydroxyl groups is 1. The lowest BCUT2D eigenvalue weighted by atomic mass is 9.44. The molecule has 4 bridgehead atoms. The monoisotopic (exact) mass is 385 g/mol. The van der Waals surface area contributed by atoms with Gasteiger partial charge in [0.05, 0.1) is 24.5 Å². The van der Waals surface area contributed by atoms with E-state index in [1.165, 1.54) is 6.42 Å². The Morgan fingerprint density at radius 3 is 2.31 bits per heavy atom. The molecule has 1 heterocycles. The molecule has 0 radical (unpaired) electrons. The first-order valence-electron chi connectivity index (χ1n) is 10.0. The molecule has 26 heavy (non-hydrogen) atoms. The zero-order valence-corrected chi connectivity index (χ0v) is 16.3. The van der Waals surface area contributed by atoms with Crippen molar-refractivity contribution in [2.24, 2.45) is 22.7 Å². The average Bonchev–Trinajstić information content (AvgIpc) is 2.58. The molecule has 4 saturated carbocycles. The maximum atomic E-state index is 12.2. The van der Waals surface area contributed by atoms with Gasteiger partial charge in [0, 0.05) is 31.7 Å². The van der Waals surface area contributed by atoms with Crippen LogP contribution >= 0.6 is 0 Å². The van der Waals surface area contributed by atoms with Crippen molar-refractivity contribution in [1.82, 2.24) is 4.90 Å². The summed E-state index contributed by atoms with van der Waals surface area (Å²) in [5.74, 6) is 1.59. The van der Waals surface area contributed by atoms with Crippen molar-refractivity contribution in [3.8, 4) is 0 Å². The Hall–Kier alpha value is -0.660. The van der Waals surface area contributed by atoms with Crippen molar-refractivity contribution in [1.29, 1.82) is 0 Å². The second kappa shape index (κ2) is 6.74. The average molecular weight is 386 g/mol. The number of ether oxygens (including phenoxy) is 1. The van der Waals surface area contributed by atoms with Gasteiger partial charge in [-0.05, 0) is 55.8 Å². The summed E-state index contributed by atoms with van der Waals surface area (Å²) in [6.45, 7) is 2.37. The van der Waals surface area contributed by atoms with Crippen LogP contribution in [0.15, 0.2) is 0 Å². The third-order valence-corrected chi connectivity index (χ3v) is 8.86. The molecule has 0 spiro atoms. The molecule has 2 unspecified atom stereocenters. The molecule has 1 N–H and O–H groups in total. The van der Waals surface area contributed by atoms with Crippen molar-refractivity contribution in [3.05, 3.63) is 0 Å². The maximum absolute atomic E-state index is 12.2. The molecule has 4 aliphatic carbocycles. The molecule has 0 amide bonds. The minimum absolute atomic E-state index is 0.0792. The normalized spacial score (nSPS) is 41.3. The third kappa shape index (κ3) is 3.80. The number of sulfone groups is 1. The minimum Gasteiger partial charge on any atom is -0.465 e. The van der Waals surface area contributed by atoms with Crippen LogP contribution in [0.25, 0.3) is 0 Å². The van der Waals surface area contributed by atoms with Gasteiger partial charge in [-0.2, -0.15) is 0 Å². The Balaban J connectivity index is 1.26. The lowest BCUT2D eigenvalue weighted by Crippen LogP contribution is -2.55. The second-order valence-corrected chi connectivity index (χ2v) is 11.8. The molecule has 148 valence electrons. The molecule has 1 saturated heterocycles. The van der Waals surface area contributed by atoms with Crippen molar-refractivity contribution < 1.29 is 23.1 Å². The molecule has 2 atom stereocenters. The lowest BCUT2D eigenvalue weighted by Gasteiger charge is -2.61. The Kier molecular flexibility index (Phi) is 4.85. The molecule has 0 aromatic rings. The predicted molar refractivity (Wildman–Crippen MR) is 97.3 cm³/mol. The third-order valence-electron chi connectivity index (χ3n) is 7.25. The first kappa shape index (κ1) is 18.7. The van der Waals surface area contributed by atoms with Crippen LogP contribution in [0.3, 0.4) is 0 Å². The molecular formula is C19H31NO5S. The Bertz CT molecular complexity index is 633. The first-order chi connectivity index (χ1) is 12.3. The van der Waals surface area contributed by atoms with Crippen LogP contribution in [-0.2, 0) is 19.4 Å². The maximum Gasteiger partial charge on any atom is 0.307 e. The van der Waals surface area contributed by atoms with E-state index < -0.39 is 9.84 Å². The highest BCUT2D eigenvalue weighted by molar-refractivity contribution is 7.91. The quantitative estimate of drug-likeness (QED) is 0.693. The second-order valence-electron chi connectivity index (χ2n) is 9.52. The van der Waals surface area contributed by atoms with Gasteiger partial charge in [-0.1, -0.05) is 0 Å². The van der Waals surface area contributed by atoms with Crippen LogP contribution in [0.1, 0.15) is 44.9 Å². The van der Waals surface area contributed by atoms with Crippen molar-refractivity contribution >= 4 is 15.8 Å². The van der Waals surface area contributed by atoms with E-state index >= 15 is 0 Å². The number of hydrogen-bond acceptors (Lipinski definition) is 6. The molecule has 5 fully saturated rings. The zero-order valence-electron chi connectivity index (χ0n) is 15.5. The number of hydrogen-bond donors (Lipinski definition) is 1. The van der Waals surface area contributed by atoms with Crippen LogP contribution in [0, 0.1) is 22.7 Å². The van der Waals surface area contributed by atoms with Gasteiger partial charge in [-0.3, -0.25) is 4.79 Å². The van der Waals surface area contributed by atoms with Gasteiger partial charge in [0.15, 0.2) is 9.84 Å². The van der Waals surface area contributed by atoms with Gasteiger partial charge < -0.3 is 14.7 Å². The van der Waals surface area contributed by atoms with Crippen molar-refractivity contribution in [3.63, 3.8) is 0 Å². The molecule has 7 heteroatoms. The predicted octanol–water partition coefficient (Wildman–Crippen LogP) is 1.23. The van der Waals surface area contributed by atoms with Gasteiger partial charge in [-0.25, -0.2) is 8.42 Å². The van der Waals surface area contributed by atoms with E-state index in [1.54, 1.807) is 0 Å². The Morgan fingerprint density at radius 1 is 1.08 bits per heavy atom. The van der Waals surface area contributed by atoms with Crippen LogP contribution in [0.5, 0.6) is 0 Å². The summed E-state index contributed by atoms with van der Waals surface area (Å²) in [5.41, 5.74) is 0.164. The molecule has 5 aliphatic rings. The van der Waals surface area contributed by atoms with Crippen molar-refractivity contribution in [2.75, 3.05) is 44.4 Å². The van der Waals surface area contributed by atoms with E-state index in [0.29, 0.717) is 44.5 Å². The van der Waals surface area contributed by atoms with Gasteiger partial charge in [0.2, 0.25) is 0 Å². The smallest absolute Gasteiger partial charge is 0.307 e. The molecule has 0 aromatic heterocycles. The number of carbonyl (C=O) groups excluding carboxylic acids is 1. The van der Waals surface area contributed by atoms with Crippen molar-refractivity contribution in [2.45, 2.75) is 44.9 Å². The van der Waals surface area contributed by atoms with E-state index in [4.69, 9.17) is 4.74 Å². The van der Waals surface area contributed by atoms with Crippen LogP contribution < -0.4 is 0 Å². The summed E-state index contributed by atoms with van der Waals surface area (Å²) in [7, 11) is -2.88. The fourth-order valence-electron chi connectivity index (χ4n) is 6.53. The van der Waals surface area contributed by atoms with E-state index in [0.717, 1.165) is 32.1 Å². The highest BCUT2D eigenvalue weighted by Gasteiger charge is 2.57. The summed E-state index contributed by atoms with van der Waals surface area (Å²) in [5, 5.41) is 9.93. The number of carbonyl (C=O) groups is 1. The zero-order chi connectivity index (χ0) is 18.4.